The average molecular weight is 361 g/mol. The van der Waals surface area contributed by atoms with Gasteiger partial charge in [-0.25, -0.2) is 0 Å². The van der Waals surface area contributed by atoms with E-state index in [4.69, 9.17) is 0 Å². The summed E-state index contributed by atoms with van der Waals surface area (Å²) in [4.78, 5) is 26.4. The molecule has 1 heterocycles. The number of carbonyl (C=O) groups is 2. The van der Waals surface area contributed by atoms with Crippen molar-refractivity contribution in [2.24, 2.45) is 0 Å². The third-order valence-electron chi connectivity index (χ3n) is 3.96. The van der Waals surface area contributed by atoms with Gasteiger partial charge in [-0.15, -0.1) is 11.3 Å². The van der Waals surface area contributed by atoms with Crippen molar-refractivity contribution in [3.8, 4) is 0 Å². The number of amides is 2. The van der Waals surface area contributed by atoms with Crippen molar-refractivity contribution >= 4 is 23.2 Å². The van der Waals surface area contributed by atoms with Gasteiger partial charge >= 0.3 is 0 Å². The van der Waals surface area contributed by atoms with Crippen molar-refractivity contribution in [2.45, 2.75) is 19.9 Å². The second-order valence-electron chi connectivity index (χ2n) is 5.84. The summed E-state index contributed by atoms with van der Waals surface area (Å²) >= 11 is 1.62. The third kappa shape index (κ3) is 5.99. The van der Waals surface area contributed by atoms with Crippen LogP contribution in [0.4, 0.5) is 0 Å². The SMILES string of the molecule is CCNC(=O)C[NH+](CC)CC(=O)N[C@H](c1ccccc1)c1cccs1. The van der Waals surface area contributed by atoms with Gasteiger partial charge in [0.05, 0.1) is 12.6 Å². The van der Waals surface area contributed by atoms with Crippen molar-refractivity contribution in [3.63, 3.8) is 0 Å². The minimum absolute atomic E-state index is 0.0231. The van der Waals surface area contributed by atoms with E-state index >= 15 is 0 Å². The summed E-state index contributed by atoms with van der Waals surface area (Å²) < 4.78 is 0. The number of carbonyl (C=O) groups excluding carboxylic acids is 2. The van der Waals surface area contributed by atoms with Gasteiger partial charge in [0.2, 0.25) is 0 Å². The van der Waals surface area contributed by atoms with Crippen LogP contribution in [-0.2, 0) is 9.59 Å². The molecule has 0 saturated heterocycles. The Labute approximate surface area is 153 Å². The fourth-order valence-electron chi connectivity index (χ4n) is 2.66. The maximum Gasteiger partial charge on any atom is 0.275 e. The molecule has 1 aromatic carbocycles. The van der Waals surface area contributed by atoms with Crippen LogP contribution in [0, 0.1) is 0 Å². The van der Waals surface area contributed by atoms with Crippen LogP contribution in [0.5, 0.6) is 0 Å². The molecule has 0 saturated carbocycles. The number of hydrogen-bond donors (Lipinski definition) is 3. The molecule has 0 aliphatic carbocycles. The summed E-state index contributed by atoms with van der Waals surface area (Å²) in [5.74, 6) is -0.0755. The second-order valence-corrected chi connectivity index (χ2v) is 6.82. The number of quaternary nitrogens is 1. The molecular weight excluding hydrogens is 334 g/mol. The van der Waals surface area contributed by atoms with Gasteiger partial charge in [0.25, 0.3) is 11.8 Å². The van der Waals surface area contributed by atoms with Crippen LogP contribution in [0.25, 0.3) is 0 Å². The first-order chi connectivity index (χ1) is 12.1. The van der Waals surface area contributed by atoms with Gasteiger partial charge in [0.1, 0.15) is 0 Å². The normalized spacial score (nSPS) is 13.0. The van der Waals surface area contributed by atoms with E-state index in [-0.39, 0.29) is 24.4 Å². The lowest BCUT2D eigenvalue weighted by Gasteiger charge is -2.21. The highest BCUT2D eigenvalue weighted by Gasteiger charge is 2.21. The topological polar surface area (TPSA) is 62.6 Å². The van der Waals surface area contributed by atoms with Crippen molar-refractivity contribution in [1.29, 1.82) is 0 Å². The van der Waals surface area contributed by atoms with Crippen LogP contribution < -0.4 is 15.5 Å². The zero-order chi connectivity index (χ0) is 18.1. The molecular formula is C19H26N3O2S+. The Balaban J connectivity index is 2.03. The molecule has 1 unspecified atom stereocenters. The summed E-state index contributed by atoms with van der Waals surface area (Å²) in [6.45, 7) is 5.79. The molecule has 1 aromatic heterocycles. The molecule has 0 bridgehead atoms. The highest BCUT2D eigenvalue weighted by molar-refractivity contribution is 7.10. The Morgan fingerprint density at radius 3 is 2.36 bits per heavy atom. The third-order valence-corrected chi connectivity index (χ3v) is 4.90. The van der Waals surface area contributed by atoms with Crippen LogP contribution >= 0.6 is 11.3 Å². The lowest BCUT2D eigenvalue weighted by Crippen LogP contribution is -3.14. The number of hydrogen-bond acceptors (Lipinski definition) is 3. The predicted molar refractivity (Wildman–Crippen MR) is 101 cm³/mol. The molecule has 25 heavy (non-hydrogen) atoms. The number of benzene rings is 1. The summed E-state index contributed by atoms with van der Waals surface area (Å²) in [5, 5.41) is 7.92. The lowest BCUT2D eigenvalue weighted by molar-refractivity contribution is -0.881. The van der Waals surface area contributed by atoms with Gasteiger partial charge in [-0.2, -0.15) is 0 Å². The summed E-state index contributed by atoms with van der Waals surface area (Å²) in [6.07, 6.45) is 0. The van der Waals surface area contributed by atoms with Crippen LogP contribution in [0.15, 0.2) is 47.8 Å². The minimum atomic E-state index is -0.156. The van der Waals surface area contributed by atoms with E-state index in [1.54, 1.807) is 11.3 Å². The molecule has 6 heteroatoms. The van der Waals surface area contributed by atoms with Crippen molar-refractivity contribution < 1.29 is 14.5 Å². The monoisotopic (exact) mass is 360 g/mol. The summed E-state index contributed by atoms with van der Waals surface area (Å²) in [5.41, 5.74) is 1.06. The predicted octanol–water partition coefficient (Wildman–Crippen LogP) is 0.995. The van der Waals surface area contributed by atoms with E-state index in [0.717, 1.165) is 21.9 Å². The van der Waals surface area contributed by atoms with E-state index in [1.807, 2.05) is 61.7 Å². The highest BCUT2D eigenvalue weighted by Crippen LogP contribution is 2.25. The summed E-state index contributed by atoms with van der Waals surface area (Å²) in [7, 11) is 0. The zero-order valence-corrected chi connectivity index (χ0v) is 15.6. The van der Waals surface area contributed by atoms with E-state index in [9.17, 15) is 9.59 Å². The second kappa shape index (κ2) is 9.96. The highest BCUT2D eigenvalue weighted by atomic mass is 32.1. The lowest BCUT2D eigenvalue weighted by atomic mass is 10.1. The summed E-state index contributed by atoms with van der Waals surface area (Å²) in [6, 6.07) is 13.8. The molecule has 2 rings (SSSR count). The van der Waals surface area contributed by atoms with E-state index < -0.39 is 0 Å². The van der Waals surface area contributed by atoms with E-state index in [0.29, 0.717) is 13.1 Å². The molecule has 0 radical (unpaired) electrons. The Hall–Kier alpha value is -2.18. The number of nitrogens with one attached hydrogen (secondary N) is 3. The first-order valence-electron chi connectivity index (χ1n) is 8.62. The molecule has 2 aromatic rings. The minimum Gasteiger partial charge on any atom is -0.351 e. The molecule has 3 N–H and O–H groups in total. The van der Waals surface area contributed by atoms with Crippen molar-refractivity contribution in [1.82, 2.24) is 10.6 Å². The standard InChI is InChI=1S/C19H25N3O2S/c1-3-20-17(23)13-22(4-2)14-18(24)21-19(16-11-8-12-25-16)15-9-6-5-7-10-15/h5-12,19H,3-4,13-14H2,1-2H3,(H,20,23)(H,21,24)/p+1/t19-/m1/s1. The molecule has 0 aliphatic rings. The molecule has 2 atom stereocenters. The van der Waals surface area contributed by atoms with E-state index in [1.165, 1.54) is 0 Å². The van der Waals surface area contributed by atoms with Gasteiger partial charge in [0.15, 0.2) is 13.1 Å². The van der Waals surface area contributed by atoms with Crippen LogP contribution in [0.1, 0.15) is 30.3 Å². The van der Waals surface area contributed by atoms with Crippen LogP contribution in [-0.4, -0.2) is 38.0 Å². The average Bonchev–Trinajstić information content (AvgIpc) is 3.14. The Morgan fingerprint density at radius 2 is 1.76 bits per heavy atom. The maximum atomic E-state index is 12.6. The van der Waals surface area contributed by atoms with Gasteiger partial charge in [-0.3, -0.25) is 9.59 Å². The quantitative estimate of drug-likeness (QED) is 0.625. The number of likely N-dealkylation sites (N-methyl/N-ethyl adjacent to an activating group) is 2. The molecule has 134 valence electrons. The number of rotatable bonds is 9. The Bertz CT molecular complexity index is 659. The molecule has 5 nitrogen and oxygen atoms in total. The van der Waals surface area contributed by atoms with E-state index in [2.05, 4.69) is 10.6 Å². The van der Waals surface area contributed by atoms with Gasteiger partial charge in [0, 0.05) is 11.4 Å². The van der Waals surface area contributed by atoms with Crippen molar-refractivity contribution in [3.05, 3.63) is 58.3 Å². The molecule has 0 fully saturated rings. The number of thiophene rings is 1. The maximum absolute atomic E-state index is 12.6. The van der Waals surface area contributed by atoms with Crippen LogP contribution in [0.2, 0.25) is 0 Å². The first kappa shape index (κ1) is 19.1. The smallest absolute Gasteiger partial charge is 0.275 e. The van der Waals surface area contributed by atoms with Crippen molar-refractivity contribution in [2.75, 3.05) is 26.2 Å². The largest absolute Gasteiger partial charge is 0.351 e. The Kier molecular flexibility index (Phi) is 7.63. The van der Waals surface area contributed by atoms with Gasteiger partial charge < -0.3 is 15.5 Å². The van der Waals surface area contributed by atoms with Crippen LogP contribution in [0.3, 0.4) is 0 Å². The van der Waals surface area contributed by atoms with Gasteiger partial charge in [-0.05, 0) is 30.9 Å². The molecule has 0 spiro atoms. The van der Waals surface area contributed by atoms with Gasteiger partial charge in [-0.1, -0.05) is 36.4 Å². The molecule has 2 amide bonds. The zero-order valence-electron chi connectivity index (χ0n) is 14.7. The molecule has 0 aliphatic heterocycles. The fourth-order valence-corrected chi connectivity index (χ4v) is 3.46. The first-order valence-corrected chi connectivity index (χ1v) is 9.50. The Morgan fingerprint density at radius 1 is 1.04 bits per heavy atom. The fraction of sp³-hybridized carbons (Fsp3) is 0.368.